The van der Waals surface area contributed by atoms with Gasteiger partial charge in [0, 0.05) is 38.1 Å². The average Bonchev–Trinajstić information content (AvgIpc) is 3.39. The second kappa shape index (κ2) is 7.00. The molecule has 0 N–H and O–H groups in total. The van der Waals surface area contributed by atoms with Crippen LogP contribution in [0.4, 0.5) is 0 Å². The Labute approximate surface area is 148 Å². The first-order valence-electron chi connectivity index (χ1n) is 9.24. The molecule has 5 nitrogen and oxygen atoms in total. The first-order chi connectivity index (χ1) is 12.2. The molecule has 1 aliphatic heterocycles. The lowest BCUT2D eigenvalue weighted by Gasteiger charge is -2.26. The minimum absolute atomic E-state index is 0.0805. The molecule has 1 aromatic heterocycles. The van der Waals surface area contributed by atoms with E-state index in [4.69, 9.17) is 4.52 Å². The van der Waals surface area contributed by atoms with Crippen molar-refractivity contribution in [2.24, 2.45) is 0 Å². The fraction of sp³-hybridized carbons (Fsp3) is 0.500. The molecule has 0 spiro atoms. The molecule has 1 aliphatic carbocycles. The molecule has 1 atom stereocenters. The van der Waals surface area contributed by atoms with E-state index in [0.717, 1.165) is 51.1 Å². The molecule has 4 rings (SSSR count). The molecule has 2 aromatic rings. The van der Waals surface area contributed by atoms with E-state index in [2.05, 4.69) is 41.2 Å². The molecule has 25 heavy (non-hydrogen) atoms. The minimum atomic E-state index is 0.0805. The standard InChI is InChI=1S/C20H25N3O2/c1-15-9-10-22(11-12-23(15)13-16-5-3-2-4-6-16)20(24)18-14-25-21-19(18)17-7-8-17/h2-6,14-15,17H,7-13H2,1H3. The van der Waals surface area contributed by atoms with Crippen molar-refractivity contribution in [3.63, 3.8) is 0 Å². The predicted molar refractivity (Wildman–Crippen MR) is 95.3 cm³/mol. The van der Waals surface area contributed by atoms with Crippen LogP contribution in [0.1, 0.15) is 53.7 Å². The van der Waals surface area contributed by atoms with Gasteiger partial charge in [0.05, 0.1) is 5.69 Å². The molecular weight excluding hydrogens is 314 g/mol. The normalized spacial score (nSPS) is 22.0. The number of benzene rings is 1. The summed E-state index contributed by atoms with van der Waals surface area (Å²) >= 11 is 0. The Bertz CT molecular complexity index is 724. The van der Waals surface area contributed by atoms with Gasteiger partial charge in [-0.15, -0.1) is 0 Å². The number of nitrogens with zero attached hydrogens (tertiary/aromatic N) is 3. The van der Waals surface area contributed by atoms with Crippen LogP contribution in [-0.4, -0.2) is 46.5 Å². The highest BCUT2D eigenvalue weighted by Gasteiger charge is 2.34. The van der Waals surface area contributed by atoms with Crippen LogP contribution in [0.2, 0.25) is 0 Å². The highest BCUT2D eigenvalue weighted by atomic mass is 16.5. The summed E-state index contributed by atoms with van der Waals surface area (Å²) in [5.41, 5.74) is 2.86. The topological polar surface area (TPSA) is 49.6 Å². The van der Waals surface area contributed by atoms with Gasteiger partial charge in [-0.2, -0.15) is 0 Å². The Morgan fingerprint density at radius 2 is 1.96 bits per heavy atom. The van der Waals surface area contributed by atoms with Gasteiger partial charge in [0.1, 0.15) is 11.8 Å². The molecule has 2 aliphatic rings. The van der Waals surface area contributed by atoms with Crippen LogP contribution in [0, 0.1) is 0 Å². The SMILES string of the molecule is CC1CCN(C(=O)c2conc2C2CC2)CCN1Cc1ccccc1. The molecule has 1 unspecified atom stereocenters. The fourth-order valence-electron chi connectivity index (χ4n) is 3.59. The number of amides is 1. The minimum Gasteiger partial charge on any atom is -0.364 e. The second-order valence-electron chi connectivity index (χ2n) is 7.27. The first kappa shape index (κ1) is 16.3. The third-order valence-corrected chi connectivity index (χ3v) is 5.40. The molecule has 132 valence electrons. The number of rotatable bonds is 4. The number of carbonyl (C=O) groups is 1. The maximum atomic E-state index is 12.9. The summed E-state index contributed by atoms with van der Waals surface area (Å²) in [7, 11) is 0. The summed E-state index contributed by atoms with van der Waals surface area (Å²) in [6, 6.07) is 11.0. The molecule has 0 radical (unpaired) electrons. The maximum Gasteiger partial charge on any atom is 0.259 e. The van der Waals surface area contributed by atoms with Gasteiger partial charge >= 0.3 is 0 Å². The van der Waals surface area contributed by atoms with Gasteiger partial charge in [-0.3, -0.25) is 9.69 Å². The molecule has 0 bridgehead atoms. The Balaban J connectivity index is 1.43. The molecule has 1 saturated heterocycles. The Hall–Kier alpha value is -2.14. The lowest BCUT2D eigenvalue weighted by Crippen LogP contribution is -2.36. The van der Waals surface area contributed by atoms with Crippen molar-refractivity contribution in [1.82, 2.24) is 15.0 Å². The number of hydrogen-bond acceptors (Lipinski definition) is 4. The van der Waals surface area contributed by atoms with Crippen LogP contribution in [0.15, 0.2) is 41.1 Å². The summed E-state index contributed by atoms with van der Waals surface area (Å²) in [5.74, 6) is 0.509. The van der Waals surface area contributed by atoms with Gasteiger partial charge < -0.3 is 9.42 Å². The van der Waals surface area contributed by atoms with E-state index in [1.165, 1.54) is 11.8 Å². The summed E-state index contributed by atoms with van der Waals surface area (Å²) in [6.45, 7) is 5.63. The van der Waals surface area contributed by atoms with E-state index < -0.39 is 0 Å². The summed E-state index contributed by atoms with van der Waals surface area (Å²) in [4.78, 5) is 17.4. The highest BCUT2D eigenvalue weighted by Crippen LogP contribution is 2.41. The average molecular weight is 339 g/mol. The largest absolute Gasteiger partial charge is 0.364 e. The smallest absolute Gasteiger partial charge is 0.259 e. The van der Waals surface area contributed by atoms with Crippen LogP contribution in [0.5, 0.6) is 0 Å². The van der Waals surface area contributed by atoms with Gasteiger partial charge in [-0.05, 0) is 31.7 Å². The maximum absolute atomic E-state index is 12.9. The fourth-order valence-corrected chi connectivity index (χ4v) is 3.59. The molecule has 2 fully saturated rings. The second-order valence-corrected chi connectivity index (χ2v) is 7.27. The van der Waals surface area contributed by atoms with E-state index in [1.807, 2.05) is 11.0 Å². The van der Waals surface area contributed by atoms with Crippen molar-refractivity contribution in [3.8, 4) is 0 Å². The van der Waals surface area contributed by atoms with Crippen molar-refractivity contribution in [2.75, 3.05) is 19.6 Å². The van der Waals surface area contributed by atoms with Crippen molar-refractivity contribution in [3.05, 3.63) is 53.4 Å². The number of hydrogen-bond donors (Lipinski definition) is 0. The van der Waals surface area contributed by atoms with Crippen LogP contribution < -0.4 is 0 Å². The summed E-state index contributed by atoms with van der Waals surface area (Å²) in [6.07, 6.45) is 4.76. The van der Waals surface area contributed by atoms with Gasteiger partial charge in [-0.1, -0.05) is 35.5 Å². The van der Waals surface area contributed by atoms with Crippen LogP contribution in [0.3, 0.4) is 0 Å². The van der Waals surface area contributed by atoms with Crippen molar-refractivity contribution in [1.29, 1.82) is 0 Å². The molecule has 2 heterocycles. The van der Waals surface area contributed by atoms with Crippen molar-refractivity contribution < 1.29 is 9.32 Å². The molecule has 1 saturated carbocycles. The summed E-state index contributed by atoms with van der Waals surface area (Å²) < 4.78 is 5.10. The molecule has 1 aromatic carbocycles. The Morgan fingerprint density at radius 1 is 1.16 bits per heavy atom. The zero-order chi connectivity index (χ0) is 17.2. The number of aromatic nitrogens is 1. The zero-order valence-corrected chi connectivity index (χ0v) is 14.7. The third kappa shape index (κ3) is 3.61. The predicted octanol–water partition coefficient (Wildman–Crippen LogP) is 3.29. The number of carbonyl (C=O) groups excluding carboxylic acids is 1. The van der Waals surface area contributed by atoms with Gasteiger partial charge in [0.25, 0.3) is 5.91 Å². The lowest BCUT2D eigenvalue weighted by molar-refractivity contribution is 0.0759. The van der Waals surface area contributed by atoms with Gasteiger partial charge in [-0.25, -0.2) is 0 Å². The van der Waals surface area contributed by atoms with Crippen LogP contribution in [0.25, 0.3) is 0 Å². The van der Waals surface area contributed by atoms with Crippen LogP contribution in [-0.2, 0) is 6.54 Å². The lowest BCUT2D eigenvalue weighted by atomic mass is 10.1. The van der Waals surface area contributed by atoms with E-state index >= 15 is 0 Å². The van der Waals surface area contributed by atoms with E-state index in [9.17, 15) is 4.79 Å². The molecular formula is C20H25N3O2. The van der Waals surface area contributed by atoms with Crippen molar-refractivity contribution in [2.45, 2.75) is 44.7 Å². The zero-order valence-electron chi connectivity index (χ0n) is 14.7. The van der Waals surface area contributed by atoms with E-state index in [1.54, 1.807) is 0 Å². The Kier molecular flexibility index (Phi) is 4.57. The first-order valence-corrected chi connectivity index (χ1v) is 9.24. The third-order valence-electron chi connectivity index (χ3n) is 5.40. The van der Waals surface area contributed by atoms with E-state index in [-0.39, 0.29) is 5.91 Å². The van der Waals surface area contributed by atoms with Crippen LogP contribution >= 0.6 is 0 Å². The quantitative estimate of drug-likeness (QED) is 0.858. The molecule has 5 heteroatoms. The van der Waals surface area contributed by atoms with Gasteiger partial charge in [0.15, 0.2) is 0 Å². The van der Waals surface area contributed by atoms with E-state index in [0.29, 0.717) is 17.5 Å². The van der Waals surface area contributed by atoms with Gasteiger partial charge in [0.2, 0.25) is 0 Å². The Morgan fingerprint density at radius 3 is 2.72 bits per heavy atom. The highest BCUT2D eigenvalue weighted by molar-refractivity contribution is 5.95. The molecule has 1 amide bonds. The monoisotopic (exact) mass is 339 g/mol. The summed E-state index contributed by atoms with van der Waals surface area (Å²) in [5, 5.41) is 4.07. The van der Waals surface area contributed by atoms with Crippen molar-refractivity contribution >= 4 is 5.91 Å².